The first kappa shape index (κ1) is 16.6. The van der Waals surface area contributed by atoms with Crippen molar-refractivity contribution in [3.05, 3.63) is 46.0 Å². The average Bonchev–Trinajstić information content (AvgIpc) is 2.81. The molecule has 2 aromatic rings. The summed E-state index contributed by atoms with van der Waals surface area (Å²) in [5, 5.41) is 3.33. The molecule has 1 aromatic carbocycles. The van der Waals surface area contributed by atoms with Crippen LogP contribution in [0.5, 0.6) is 0 Å². The molecule has 6 heteroatoms. The lowest BCUT2D eigenvalue weighted by Gasteiger charge is -2.08. The lowest BCUT2D eigenvalue weighted by molar-refractivity contribution is -0.118. The van der Waals surface area contributed by atoms with Crippen LogP contribution in [-0.4, -0.2) is 30.6 Å². The summed E-state index contributed by atoms with van der Waals surface area (Å²) in [5.41, 5.74) is 9.10. The van der Waals surface area contributed by atoms with Crippen molar-refractivity contribution in [3.63, 3.8) is 0 Å². The second-order valence-electron chi connectivity index (χ2n) is 5.24. The lowest BCUT2D eigenvalue weighted by atomic mass is 10.1. The van der Waals surface area contributed by atoms with Crippen LogP contribution in [-0.2, 0) is 16.0 Å². The van der Waals surface area contributed by atoms with Gasteiger partial charge in [-0.3, -0.25) is 4.79 Å². The number of thiazole rings is 1. The normalized spacial score (nSPS) is 12.2. The number of carbonyl (C=O) groups is 1. The molecule has 0 saturated carbocycles. The van der Waals surface area contributed by atoms with Gasteiger partial charge in [0.15, 0.2) is 5.13 Å². The summed E-state index contributed by atoms with van der Waals surface area (Å²) >= 11 is 1.48. The molecule has 0 spiro atoms. The number of nitrogens with two attached hydrogens (primary N) is 1. The van der Waals surface area contributed by atoms with Crippen molar-refractivity contribution in [1.29, 1.82) is 0 Å². The fourth-order valence-electron chi connectivity index (χ4n) is 1.99. The van der Waals surface area contributed by atoms with Gasteiger partial charge in [-0.2, -0.15) is 0 Å². The summed E-state index contributed by atoms with van der Waals surface area (Å²) in [6, 6.07) is 7.73. The summed E-state index contributed by atoms with van der Waals surface area (Å²) in [6.45, 7) is 4.20. The summed E-state index contributed by atoms with van der Waals surface area (Å²) in [6.07, 6.45) is 0.809. The minimum Gasteiger partial charge on any atom is -0.383 e. The molecule has 1 heterocycles. The number of rotatable bonds is 6. The highest BCUT2D eigenvalue weighted by Gasteiger charge is 2.16. The third-order valence-corrected chi connectivity index (χ3v) is 4.36. The summed E-state index contributed by atoms with van der Waals surface area (Å²) in [5.74, 6) is -0.280. The van der Waals surface area contributed by atoms with Gasteiger partial charge in [-0.15, -0.1) is 11.3 Å². The number of amides is 1. The fourth-order valence-corrected chi connectivity index (χ4v) is 2.99. The SMILES string of the molecule is COCC(N)C(=O)Nc1nc(C)c(Cc2ccc(C)cc2)s1. The van der Waals surface area contributed by atoms with E-state index in [0.717, 1.165) is 17.0 Å². The van der Waals surface area contributed by atoms with Crippen LogP contribution in [0.1, 0.15) is 21.7 Å². The zero-order chi connectivity index (χ0) is 16.1. The Balaban J connectivity index is 2.04. The molecule has 0 fully saturated rings. The monoisotopic (exact) mass is 319 g/mol. The van der Waals surface area contributed by atoms with E-state index in [1.165, 1.54) is 29.6 Å². The maximum absolute atomic E-state index is 11.9. The molecule has 1 atom stereocenters. The fraction of sp³-hybridized carbons (Fsp3) is 0.375. The number of aromatic nitrogens is 1. The molecule has 2 rings (SSSR count). The number of anilines is 1. The van der Waals surface area contributed by atoms with Crippen molar-refractivity contribution in [3.8, 4) is 0 Å². The molecule has 0 aliphatic carbocycles. The van der Waals surface area contributed by atoms with Crippen LogP contribution in [0.4, 0.5) is 5.13 Å². The Labute approximate surface area is 134 Å². The van der Waals surface area contributed by atoms with Crippen LogP contribution >= 0.6 is 11.3 Å². The minimum absolute atomic E-state index is 0.187. The Morgan fingerprint density at radius 1 is 1.36 bits per heavy atom. The van der Waals surface area contributed by atoms with Crippen molar-refractivity contribution < 1.29 is 9.53 Å². The van der Waals surface area contributed by atoms with Crippen molar-refractivity contribution in [2.75, 3.05) is 19.0 Å². The van der Waals surface area contributed by atoms with Gasteiger partial charge in [-0.1, -0.05) is 29.8 Å². The van der Waals surface area contributed by atoms with E-state index in [1.54, 1.807) is 0 Å². The van der Waals surface area contributed by atoms with Crippen LogP contribution in [0, 0.1) is 13.8 Å². The van der Waals surface area contributed by atoms with Gasteiger partial charge in [-0.25, -0.2) is 4.98 Å². The molecular weight excluding hydrogens is 298 g/mol. The van der Waals surface area contributed by atoms with Gasteiger partial charge in [0.25, 0.3) is 0 Å². The standard InChI is InChI=1S/C16H21N3O2S/c1-10-4-6-12(7-5-10)8-14-11(2)18-16(22-14)19-15(20)13(17)9-21-3/h4-7,13H,8-9,17H2,1-3H3,(H,18,19,20). The maximum Gasteiger partial charge on any atom is 0.245 e. The predicted octanol–water partition coefficient (Wildman–Crippen LogP) is 2.26. The Hall–Kier alpha value is -1.76. The first-order valence-electron chi connectivity index (χ1n) is 7.07. The summed E-state index contributed by atoms with van der Waals surface area (Å²) in [7, 11) is 1.51. The van der Waals surface area contributed by atoms with E-state index >= 15 is 0 Å². The van der Waals surface area contributed by atoms with Gasteiger partial charge in [0.1, 0.15) is 6.04 Å². The third kappa shape index (κ3) is 4.37. The van der Waals surface area contributed by atoms with E-state index in [9.17, 15) is 4.79 Å². The molecule has 118 valence electrons. The van der Waals surface area contributed by atoms with Crippen LogP contribution < -0.4 is 11.1 Å². The quantitative estimate of drug-likeness (QED) is 0.856. The molecule has 0 saturated heterocycles. The van der Waals surface area contributed by atoms with Gasteiger partial charge in [0.2, 0.25) is 5.91 Å². The van der Waals surface area contributed by atoms with E-state index in [-0.39, 0.29) is 12.5 Å². The Bertz CT molecular complexity index is 637. The summed E-state index contributed by atoms with van der Waals surface area (Å²) in [4.78, 5) is 17.4. The number of carbonyl (C=O) groups excluding carboxylic acids is 1. The van der Waals surface area contributed by atoms with Crippen molar-refractivity contribution in [2.24, 2.45) is 5.73 Å². The topological polar surface area (TPSA) is 77.2 Å². The Morgan fingerprint density at radius 2 is 2.05 bits per heavy atom. The zero-order valence-electron chi connectivity index (χ0n) is 13.1. The van der Waals surface area contributed by atoms with Crippen molar-refractivity contribution >= 4 is 22.4 Å². The summed E-state index contributed by atoms with van der Waals surface area (Å²) < 4.78 is 4.88. The van der Waals surface area contributed by atoms with Gasteiger partial charge >= 0.3 is 0 Å². The number of hydrogen-bond donors (Lipinski definition) is 2. The second-order valence-corrected chi connectivity index (χ2v) is 6.32. The van der Waals surface area contributed by atoms with Gasteiger partial charge in [0.05, 0.1) is 12.3 Å². The number of hydrogen-bond acceptors (Lipinski definition) is 5. The first-order chi connectivity index (χ1) is 10.5. The van der Waals surface area contributed by atoms with Crippen molar-refractivity contribution in [1.82, 2.24) is 4.98 Å². The predicted molar refractivity (Wildman–Crippen MR) is 89.3 cm³/mol. The second kappa shape index (κ2) is 7.49. The zero-order valence-corrected chi connectivity index (χ0v) is 13.9. The van der Waals surface area contributed by atoms with E-state index in [0.29, 0.717) is 5.13 Å². The number of nitrogens with zero attached hydrogens (tertiary/aromatic N) is 1. The molecule has 22 heavy (non-hydrogen) atoms. The maximum atomic E-state index is 11.9. The number of ether oxygens (including phenoxy) is 1. The number of aryl methyl sites for hydroxylation is 2. The van der Waals surface area contributed by atoms with Crippen LogP contribution in [0.3, 0.4) is 0 Å². The molecule has 1 aromatic heterocycles. The van der Waals surface area contributed by atoms with Gasteiger partial charge in [-0.05, 0) is 19.4 Å². The average molecular weight is 319 g/mol. The van der Waals surface area contributed by atoms with E-state index in [4.69, 9.17) is 10.5 Å². The van der Waals surface area contributed by atoms with Crippen LogP contribution in [0.2, 0.25) is 0 Å². The minimum atomic E-state index is -0.685. The molecule has 0 radical (unpaired) electrons. The van der Waals surface area contributed by atoms with E-state index in [2.05, 4.69) is 41.5 Å². The van der Waals surface area contributed by atoms with Gasteiger partial charge in [0, 0.05) is 18.4 Å². The van der Waals surface area contributed by atoms with E-state index < -0.39 is 6.04 Å². The number of benzene rings is 1. The number of nitrogens with one attached hydrogen (secondary N) is 1. The molecule has 1 unspecified atom stereocenters. The third-order valence-electron chi connectivity index (χ3n) is 3.29. The highest BCUT2D eigenvalue weighted by atomic mass is 32.1. The smallest absolute Gasteiger partial charge is 0.245 e. The highest BCUT2D eigenvalue weighted by molar-refractivity contribution is 7.15. The van der Waals surface area contributed by atoms with Crippen LogP contribution in [0.25, 0.3) is 0 Å². The van der Waals surface area contributed by atoms with Gasteiger partial charge < -0.3 is 15.8 Å². The Morgan fingerprint density at radius 3 is 2.68 bits per heavy atom. The largest absolute Gasteiger partial charge is 0.383 e. The first-order valence-corrected chi connectivity index (χ1v) is 7.88. The molecule has 5 nitrogen and oxygen atoms in total. The van der Waals surface area contributed by atoms with E-state index in [1.807, 2.05) is 6.92 Å². The van der Waals surface area contributed by atoms with Crippen LogP contribution in [0.15, 0.2) is 24.3 Å². The lowest BCUT2D eigenvalue weighted by Crippen LogP contribution is -2.39. The molecule has 3 N–H and O–H groups in total. The Kier molecular flexibility index (Phi) is 5.65. The highest BCUT2D eigenvalue weighted by Crippen LogP contribution is 2.25. The molecule has 0 bridgehead atoms. The molecule has 1 amide bonds. The number of methoxy groups -OCH3 is 1. The molecule has 0 aliphatic heterocycles. The van der Waals surface area contributed by atoms with Crippen molar-refractivity contribution in [2.45, 2.75) is 26.3 Å². The molecule has 0 aliphatic rings. The molecular formula is C16H21N3O2S.